The first-order chi connectivity index (χ1) is 10.7. The molecular formula is C19H27NO3. The standard InChI is InChI=1S/C19H27NO3/c1-19(2,3)15-10-8-13(9-11-15)17(22)18(23)20(4)12-14-6-5-7-16(14)21/h8-11,14,16,21H,5-7,12H2,1-4H3. The second kappa shape index (κ2) is 6.83. The van der Waals surface area contributed by atoms with Crippen molar-refractivity contribution in [2.24, 2.45) is 5.92 Å². The van der Waals surface area contributed by atoms with Gasteiger partial charge in [0.15, 0.2) is 0 Å². The number of aliphatic hydroxyl groups excluding tert-OH is 1. The van der Waals surface area contributed by atoms with Crippen LogP contribution in [0.25, 0.3) is 0 Å². The highest BCUT2D eigenvalue weighted by Crippen LogP contribution is 2.26. The Morgan fingerprint density at radius 1 is 1.17 bits per heavy atom. The number of amides is 1. The molecular weight excluding hydrogens is 290 g/mol. The second-order valence-electron chi connectivity index (χ2n) is 7.60. The van der Waals surface area contributed by atoms with Crippen molar-refractivity contribution in [2.75, 3.05) is 13.6 Å². The van der Waals surface area contributed by atoms with Gasteiger partial charge in [-0.15, -0.1) is 0 Å². The molecule has 2 rings (SSSR count). The Balaban J connectivity index is 2.02. The maximum absolute atomic E-state index is 12.3. The molecule has 0 heterocycles. The van der Waals surface area contributed by atoms with Crippen molar-refractivity contribution in [3.63, 3.8) is 0 Å². The second-order valence-corrected chi connectivity index (χ2v) is 7.60. The van der Waals surface area contributed by atoms with Crippen molar-refractivity contribution in [3.8, 4) is 0 Å². The summed E-state index contributed by atoms with van der Waals surface area (Å²) >= 11 is 0. The van der Waals surface area contributed by atoms with E-state index in [9.17, 15) is 14.7 Å². The molecule has 1 amide bonds. The minimum Gasteiger partial charge on any atom is -0.393 e. The molecule has 0 aromatic heterocycles. The van der Waals surface area contributed by atoms with E-state index in [-0.39, 0.29) is 17.4 Å². The van der Waals surface area contributed by atoms with Gasteiger partial charge in [-0.05, 0) is 23.8 Å². The fraction of sp³-hybridized carbons (Fsp3) is 0.579. The van der Waals surface area contributed by atoms with E-state index in [1.807, 2.05) is 12.1 Å². The van der Waals surface area contributed by atoms with Gasteiger partial charge in [0.2, 0.25) is 5.78 Å². The van der Waals surface area contributed by atoms with Gasteiger partial charge in [-0.1, -0.05) is 51.5 Å². The number of carbonyl (C=O) groups is 2. The summed E-state index contributed by atoms with van der Waals surface area (Å²) in [6.07, 6.45) is 2.32. The predicted molar refractivity (Wildman–Crippen MR) is 90.5 cm³/mol. The number of likely N-dealkylation sites (N-methyl/N-ethyl adjacent to an activating group) is 1. The molecule has 1 fully saturated rings. The van der Waals surface area contributed by atoms with Crippen LogP contribution in [0.15, 0.2) is 24.3 Å². The number of aliphatic hydroxyl groups is 1. The Morgan fingerprint density at radius 3 is 2.26 bits per heavy atom. The van der Waals surface area contributed by atoms with E-state index in [4.69, 9.17) is 0 Å². The minimum absolute atomic E-state index is 0.0149. The number of nitrogens with zero attached hydrogens (tertiary/aromatic N) is 1. The van der Waals surface area contributed by atoms with E-state index in [0.29, 0.717) is 12.1 Å². The van der Waals surface area contributed by atoms with Crippen LogP contribution >= 0.6 is 0 Å². The first-order valence-electron chi connectivity index (χ1n) is 8.28. The van der Waals surface area contributed by atoms with E-state index in [1.165, 1.54) is 4.90 Å². The molecule has 1 aromatic rings. The Kier molecular flexibility index (Phi) is 5.25. The molecule has 126 valence electrons. The molecule has 1 aromatic carbocycles. The highest BCUT2D eigenvalue weighted by Gasteiger charge is 2.29. The lowest BCUT2D eigenvalue weighted by atomic mass is 9.86. The summed E-state index contributed by atoms with van der Waals surface area (Å²) in [5, 5.41) is 9.86. The number of hydrogen-bond donors (Lipinski definition) is 1. The number of hydrogen-bond acceptors (Lipinski definition) is 3. The lowest BCUT2D eigenvalue weighted by Crippen LogP contribution is -2.38. The predicted octanol–water partition coefficient (Wildman–Crippen LogP) is 2.79. The van der Waals surface area contributed by atoms with Gasteiger partial charge in [0, 0.05) is 25.1 Å². The SMILES string of the molecule is CN(CC1CCCC1O)C(=O)C(=O)c1ccc(C(C)(C)C)cc1. The van der Waals surface area contributed by atoms with Crippen LogP contribution in [0.1, 0.15) is 56.0 Å². The topological polar surface area (TPSA) is 57.6 Å². The molecule has 1 saturated carbocycles. The van der Waals surface area contributed by atoms with Gasteiger partial charge in [-0.3, -0.25) is 9.59 Å². The highest BCUT2D eigenvalue weighted by atomic mass is 16.3. The lowest BCUT2D eigenvalue weighted by Gasteiger charge is -2.23. The fourth-order valence-corrected chi connectivity index (χ4v) is 3.08. The van der Waals surface area contributed by atoms with Crippen LogP contribution in [0.3, 0.4) is 0 Å². The van der Waals surface area contributed by atoms with Crippen LogP contribution in [0.2, 0.25) is 0 Å². The summed E-state index contributed by atoms with van der Waals surface area (Å²) in [6.45, 7) is 6.76. The smallest absolute Gasteiger partial charge is 0.294 e. The van der Waals surface area contributed by atoms with E-state index >= 15 is 0 Å². The van der Waals surface area contributed by atoms with Crippen LogP contribution in [0, 0.1) is 5.92 Å². The van der Waals surface area contributed by atoms with Crippen LogP contribution in [-0.2, 0) is 10.2 Å². The third-order valence-electron chi connectivity index (χ3n) is 4.68. The fourth-order valence-electron chi connectivity index (χ4n) is 3.08. The van der Waals surface area contributed by atoms with Gasteiger partial charge in [-0.25, -0.2) is 0 Å². The molecule has 4 nitrogen and oxygen atoms in total. The van der Waals surface area contributed by atoms with Crippen molar-refractivity contribution in [1.82, 2.24) is 4.90 Å². The minimum atomic E-state index is -0.507. The zero-order valence-corrected chi connectivity index (χ0v) is 14.5. The van der Waals surface area contributed by atoms with Crippen LogP contribution < -0.4 is 0 Å². The summed E-state index contributed by atoms with van der Waals surface area (Å²) in [7, 11) is 1.63. The zero-order chi connectivity index (χ0) is 17.2. The normalized spacial score (nSPS) is 21.3. The average Bonchev–Trinajstić information content (AvgIpc) is 2.90. The summed E-state index contributed by atoms with van der Waals surface area (Å²) in [5.74, 6) is -0.909. The highest BCUT2D eigenvalue weighted by molar-refractivity contribution is 6.42. The maximum Gasteiger partial charge on any atom is 0.294 e. The average molecular weight is 317 g/mol. The number of ketones is 1. The van der Waals surface area contributed by atoms with Crippen molar-refractivity contribution in [2.45, 2.75) is 51.6 Å². The quantitative estimate of drug-likeness (QED) is 0.686. The lowest BCUT2D eigenvalue weighted by molar-refractivity contribution is -0.126. The molecule has 1 N–H and O–H groups in total. The van der Waals surface area contributed by atoms with Gasteiger partial charge in [-0.2, -0.15) is 0 Å². The molecule has 2 atom stereocenters. The number of carbonyl (C=O) groups excluding carboxylic acids is 2. The van der Waals surface area contributed by atoms with Crippen LogP contribution in [-0.4, -0.2) is 41.4 Å². The van der Waals surface area contributed by atoms with Gasteiger partial charge in [0.25, 0.3) is 5.91 Å². The maximum atomic E-state index is 12.3. The van der Waals surface area contributed by atoms with E-state index < -0.39 is 11.7 Å². The van der Waals surface area contributed by atoms with Gasteiger partial charge in [0.05, 0.1) is 6.10 Å². The number of Topliss-reactive ketones (excluding diaryl/α,β-unsaturated/α-hetero) is 1. The van der Waals surface area contributed by atoms with Crippen molar-refractivity contribution < 1.29 is 14.7 Å². The van der Waals surface area contributed by atoms with E-state index in [2.05, 4.69) is 20.8 Å². The molecule has 1 aliphatic rings. The first kappa shape index (κ1) is 17.7. The zero-order valence-electron chi connectivity index (χ0n) is 14.5. The van der Waals surface area contributed by atoms with E-state index in [1.54, 1.807) is 19.2 Å². The van der Waals surface area contributed by atoms with Gasteiger partial charge in [0.1, 0.15) is 0 Å². The Hall–Kier alpha value is -1.68. The van der Waals surface area contributed by atoms with Crippen molar-refractivity contribution in [3.05, 3.63) is 35.4 Å². The number of benzene rings is 1. The molecule has 2 unspecified atom stereocenters. The molecule has 0 radical (unpaired) electrons. The van der Waals surface area contributed by atoms with Crippen LogP contribution in [0.4, 0.5) is 0 Å². The number of rotatable bonds is 4. The van der Waals surface area contributed by atoms with Gasteiger partial charge < -0.3 is 10.0 Å². The summed E-state index contributed by atoms with van der Waals surface area (Å²) in [6, 6.07) is 7.25. The molecule has 1 aliphatic carbocycles. The summed E-state index contributed by atoms with van der Waals surface area (Å²) in [4.78, 5) is 26.1. The Bertz CT molecular complexity index is 571. The van der Waals surface area contributed by atoms with Crippen molar-refractivity contribution in [1.29, 1.82) is 0 Å². The summed E-state index contributed by atoms with van der Waals surface area (Å²) < 4.78 is 0. The molecule has 0 spiro atoms. The molecule has 0 aliphatic heterocycles. The third kappa shape index (κ3) is 4.20. The molecule has 0 saturated heterocycles. The molecule has 23 heavy (non-hydrogen) atoms. The summed E-state index contributed by atoms with van der Waals surface area (Å²) in [5.41, 5.74) is 1.56. The van der Waals surface area contributed by atoms with Gasteiger partial charge >= 0.3 is 0 Å². The Labute approximate surface area is 138 Å². The van der Waals surface area contributed by atoms with Crippen LogP contribution in [0.5, 0.6) is 0 Å². The van der Waals surface area contributed by atoms with Crippen molar-refractivity contribution >= 4 is 11.7 Å². The monoisotopic (exact) mass is 317 g/mol. The van der Waals surface area contributed by atoms with E-state index in [0.717, 1.165) is 24.8 Å². The third-order valence-corrected chi connectivity index (χ3v) is 4.68. The molecule has 0 bridgehead atoms. The Morgan fingerprint density at radius 2 is 1.78 bits per heavy atom. The molecule has 4 heteroatoms. The first-order valence-corrected chi connectivity index (χ1v) is 8.28. The largest absolute Gasteiger partial charge is 0.393 e.